The van der Waals surface area contributed by atoms with Crippen LogP contribution in [0.15, 0.2) is 84.3 Å². The second-order valence-electron chi connectivity index (χ2n) is 8.45. The number of halogens is 1. The van der Waals surface area contributed by atoms with Crippen LogP contribution in [0.2, 0.25) is 0 Å². The smallest absolute Gasteiger partial charge is 0.338 e. The third-order valence-corrected chi connectivity index (χ3v) is 5.90. The first-order chi connectivity index (χ1) is 18.4. The first-order valence-electron chi connectivity index (χ1n) is 11.9. The van der Waals surface area contributed by atoms with Crippen molar-refractivity contribution in [1.29, 1.82) is 0 Å². The van der Waals surface area contributed by atoms with Crippen molar-refractivity contribution in [2.24, 2.45) is 0 Å². The topological polar surface area (TPSA) is 110 Å². The highest BCUT2D eigenvalue weighted by atomic mass is 19.1. The van der Waals surface area contributed by atoms with Gasteiger partial charge < -0.3 is 25.0 Å². The van der Waals surface area contributed by atoms with Crippen LogP contribution in [0.1, 0.15) is 34.5 Å². The van der Waals surface area contributed by atoms with Crippen LogP contribution in [0.25, 0.3) is 0 Å². The average Bonchev–Trinajstić information content (AvgIpc) is 2.92. The van der Waals surface area contributed by atoms with E-state index in [4.69, 9.17) is 9.47 Å². The summed E-state index contributed by atoms with van der Waals surface area (Å²) >= 11 is 0. The van der Waals surface area contributed by atoms with Gasteiger partial charge in [0.25, 0.3) is 5.91 Å². The third kappa shape index (κ3) is 6.15. The summed E-state index contributed by atoms with van der Waals surface area (Å²) < 4.78 is 24.5. The predicted molar refractivity (Wildman–Crippen MR) is 136 cm³/mol. The van der Waals surface area contributed by atoms with Crippen molar-refractivity contribution in [2.75, 3.05) is 20.3 Å². The standard InChI is InChI=1S/C28H27FN4O5/c1-3-38-27(35)24-23(31-28(36)32-25(24)20-7-4-8-21(29)14-20)17-33(16-18-6-5-13-30-15-18)26(34)19-9-11-22(37-2)12-10-19/h4-15,25H,3,16-17H2,1-2H3,(H2,31,32,36). The van der Waals surface area contributed by atoms with Crippen LogP contribution in [0.4, 0.5) is 9.18 Å². The van der Waals surface area contributed by atoms with E-state index >= 15 is 0 Å². The molecular weight excluding hydrogens is 491 g/mol. The zero-order valence-corrected chi connectivity index (χ0v) is 20.9. The van der Waals surface area contributed by atoms with E-state index in [-0.39, 0.29) is 36.9 Å². The summed E-state index contributed by atoms with van der Waals surface area (Å²) in [5.41, 5.74) is 1.74. The van der Waals surface area contributed by atoms with Crippen molar-refractivity contribution < 1.29 is 28.2 Å². The first-order valence-corrected chi connectivity index (χ1v) is 11.9. The van der Waals surface area contributed by atoms with Crippen molar-refractivity contribution in [3.8, 4) is 5.75 Å². The number of nitrogens with zero attached hydrogens (tertiary/aromatic N) is 2. The van der Waals surface area contributed by atoms with Gasteiger partial charge in [0.15, 0.2) is 0 Å². The van der Waals surface area contributed by atoms with Crippen LogP contribution in [0.3, 0.4) is 0 Å². The summed E-state index contributed by atoms with van der Waals surface area (Å²) in [5, 5.41) is 5.34. The van der Waals surface area contributed by atoms with Gasteiger partial charge in [-0.25, -0.2) is 14.0 Å². The molecule has 0 fully saturated rings. The lowest BCUT2D eigenvalue weighted by atomic mass is 9.94. The molecule has 4 rings (SSSR count). The molecule has 2 aromatic carbocycles. The van der Waals surface area contributed by atoms with Crippen LogP contribution in [0.5, 0.6) is 5.75 Å². The Labute approximate surface area is 219 Å². The van der Waals surface area contributed by atoms with E-state index in [1.165, 1.54) is 30.2 Å². The van der Waals surface area contributed by atoms with Crippen molar-refractivity contribution in [1.82, 2.24) is 20.5 Å². The molecule has 1 aromatic heterocycles. The molecule has 38 heavy (non-hydrogen) atoms. The van der Waals surface area contributed by atoms with Gasteiger partial charge in [-0.2, -0.15) is 0 Å². The molecule has 0 spiro atoms. The zero-order chi connectivity index (χ0) is 27.1. The normalized spacial score (nSPS) is 14.8. The monoisotopic (exact) mass is 518 g/mol. The molecule has 196 valence electrons. The summed E-state index contributed by atoms with van der Waals surface area (Å²) in [5.74, 6) is -0.964. The molecule has 0 bridgehead atoms. The molecule has 0 aliphatic carbocycles. The molecule has 1 atom stereocenters. The number of urea groups is 1. The fraction of sp³-hybridized carbons (Fsp3) is 0.214. The number of nitrogens with one attached hydrogen (secondary N) is 2. The van der Waals surface area contributed by atoms with Gasteiger partial charge in [-0.15, -0.1) is 0 Å². The largest absolute Gasteiger partial charge is 0.497 e. The number of esters is 1. The van der Waals surface area contributed by atoms with Gasteiger partial charge in [0, 0.05) is 24.5 Å². The van der Waals surface area contributed by atoms with E-state index in [1.807, 2.05) is 6.07 Å². The second kappa shape index (κ2) is 12.0. The summed E-state index contributed by atoms with van der Waals surface area (Å²) in [6, 6.07) is 14.2. The Morgan fingerprint density at radius 1 is 1.08 bits per heavy atom. The number of hydrogen-bond donors (Lipinski definition) is 2. The van der Waals surface area contributed by atoms with E-state index < -0.39 is 23.9 Å². The fourth-order valence-corrected chi connectivity index (χ4v) is 4.15. The van der Waals surface area contributed by atoms with Crippen molar-refractivity contribution >= 4 is 17.9 Å². The van der Waals surface area contributed by atoms with Gasteiger partial charge in [-0.1, -0.05) is 18.2 Å². The Kier molecular flexibility index (Phi) is 8.32. The number of aromatic nitrogens is 1. The van der Waals surface area contributed by atoms with Crippen LogP contribution in [0, 0.1) is 5.82 Å². The van der Waals surface area contributed by atoms with E-state index in [2.05, 4.69) is 15.6 Å². The SMILES string of the molecule is CCOC(=O)C1=C(CN(Cc2cccnc2)C(=O)c2ccc(OC)cc2)NC(=O)NC1c1cccc(F)c1. The van der Waals surface area contributed by atoms with Crippen LogP contribution in [-0.4, -0.2) is 48.1 Å². The number of benzene rings is 2. The minimum absolute atomic E-state index is 0.0794. The van der Waals surface area contributed by atoms with E-state index in [0.29, 0.717) is 16.9 Å². The van der Waals surface area contributed by atoms with Crippen molar-refractivity contribution in [3.05, 3.63) is 107 Å². The van der Waals surface area contributed by atoms with Gasteiger partial charge in [0.1, 0.15) is 11.6 Å². The highest BCUT2D eigenvalue weighted by molar-refractivity contribution is 5.97. The Morgan fingerprint density at radius 3 is 2.53 bits per heavy atom. The molecule has 10 heteroatoms. The fourth-order valence-electron chi connectivity index (χ4n) is 4.15. The molecule has 3 amide bonds. The number of carbonyl (C=O) groups excluding carboxylic acids is 3. The number of rotatable bonds is 9. The van der Waals surface area contributed by atoms with Crippen molar-refractivity contribution in [2.45, 2.75) is 19.5 Å². The molecule has 9 nitrogen and oxygen atoms in total. The van der Waals surface area contributed by atoms with Crippen molar-refractivity contribution in [3.63, 3.8) is 0 Å². The van der Waals surface area contributed by atoms with Crippen LogP contribution in [-0.2, 0) is 16.1 Å². The lowest BCUT2D eigenvalue weighted by molar-refractivity contribution is -0.139. The zero-order valence-electron chi connectivity index (χ0n) is 20.9. The summed E-state index contributed by atoms with van der Waals surface area (Å²) in [4.78, 5) is 45.1. The number of ether oxygens (including phenoxy) is 2. The van der Waals surface area contributed by atoms with Gasteiger partial charge in [0.05, 0.1) is 37.6 Å². The van der Waals surface area contributed by atoms with E-state index in [9.17, 15) is 18.8 Å². The minimum atomic E-state index is -0.982. The lowest BCUT2D eigenvalue weighted by Gasteiger charge is -2.32. The quantitative estimate of drug-likeness (QED) is 0.418. The molecule has 1 aliphatic heterocycles. The third-order valence-electron chi connectivity index (χ3n) is 5.90. The lowest BCUT2D eigenvalue weighted by Crippen LogP contribution is -2.49. The van der Waals surface area contributed by atoms with E-state index in [1.54, 1.807) is 55.7 Å². The number of carbonyl (C=O) groups is 3. The number of hydrogen-bond acceptors (Lipinski definition) is 6. The molecule has 1 unspecified atom stereocenters. The minimum Gasteiger partial charge on any atom is -0.497 e. The highest BCUT2D eigenvalue weighted by Crippen LogP contribution is 2.29. The number of pyridine rings is 1. The first kappa shape index (κ1) is 26.3. The summed E-state index contributed by atoms with van der Waals surface area (Å²) in [7, 11) is 1.53. The Hall–Kier alpha value is -4.73. The average molecular weight is 519 g/mol. The van der Waals surface area contributed by atoms with Gasteiger partial charge >= 0.3 is 12.0 Å². The highest BCUT2D eigenvalue weighted by Gasteiger charge is 2.35. The predicted octanol–water partition coefficient (Wildman–Crippen LogP) is 3.74. The Balaban J connectivity index is 1.77. The molecule has 2 heterocycles. The molecule has 0 saturated carbocycles. The van der Waals surface area contributed by atoms with Crippen LogP contribution < -0.4 is 15.4 Å². The Bertz CT molecular complexity index is 1340. The number of amides is 3. The molecular formula is C28H27FN4O5. The maximum atomic E-state index is 14.1. The van der Waals surface area contributed by atoms with Gasteiger partial charge in [0.2, 0.25) is 0 Å². The molecule has 0 saturated heterocycles. The molecule has 0 radical (unpaired) electrons. The van der Waals surface area contributed by atoms with E-state index in [0.717, 1.165) is 5.56 Å². The molecule has 3 aromatic rings. The molecule has 2 N–H and O–H groups in total. The maximum Gasteiger partial charge on any atom is 0.338 e. The van der Waals surface area contributed by atoms with Gasteiger partial charge in [-0.3, -0.25) is 9.78 Å². The molecule has 1 aliphatic rings. The summed E-state index contributed by atoms with van der Waals surface area (Å²) in [6.45, 7) is 1.76. The number of methoxy groups -OCH3 is 1. The second-order valence-corrected chi connectivity index (χ2v) is 8.45. The van der Waals surface area contributed by atoms with Crippen LogP contribution >= 0.6 is 0 Å². The van der Waals surface area contributed by atoms with Gasteiger partial charge in [-0.05, 0) is 60.5 Å². The Morgan fingerprint density at radius 2 is 1.87 bits per heavy atom. The maximum absolute atomic E-state index is 14.1. The summed E-state index contributed by atoms with van der Waals surface area (Å²) in [6.07, 6.45) is 3.25.